The van der Waals surface area contributed by atoms with Gasteiger partial charge in [-0.2, -0.15) is 5.10 Å². The summed E-state index contributed by atoms with van der Waals surface area (Å²) in [7, 11) is 0. The average molecular weight is 332 g/mol. The average Bonchev–Trinajstić information content (AvgIpc) is 2.84. The second kappa shape index (κ2) is 5.13. The molecule has 5 nitrogen and oxygen atoms in total. The number of hydrogen-bond donors (Lipinski definition) is 3. The number of nitrogens with two attached hydrogens (primary N) is 1. The van der Waals surface area contributed by atoms with E-state index >= 15 is 0 Å². The second-order valence-corrected chi connectivity index (χ2v) is 5.54. The number of anilines is 2. The largest absolute Gasteiger partial charge is 0.398 e. The molecular weight excluding hydrogens is 318 g/mol. The lowest BCUT2D eigenvalue weighted by atomic mass is 10.1. The van der Waals surface area contributed by atoms with Gasteiger partial charge in [0.2, 0.25) is 0 Å². The zero-order valence-corrected chi connectivity index (χ0v) is 12.5. The van der Waals surface area contributed by atoms with E-state index in [4.69, 9.17) is 5.73 Å². The van der Waals surface area contributed by atoms with Crippen molar-refractivity contribution in [2.45, 2.75) is 13.5 Å². The Bertz CT molecular complexity index is 765. The summed E-state index contributed by atoms with van der Waals surface area (Å²) in [6.45, 7) is 2.69. The first-order chi connectivity index (χ1) is 9.65. The number of pyridine rings is 1. The Morgan fingerprint density at radius 1 is 1.35 bits per heavy atom. The van der Waals surface area contributed by atoms with Crippen LogP contribution in [0.4, 0.5) is 11.4 Å². The highest BCUT2D eigenvalue weighted by Gasteiger charge is 2.07. The number of nitrogens with zero attached hydrogens (tertiary/aromatic N) is 2. The quantitative estimate of drug-likeness (QED) is 0.644. The Balaban J connectivity index is 1.96. The molecule has 3 rings (SSSR count). The van der Waals surface area contributed by atoms with Crippen molar-refractivity contribution in [1.29, 1.82) is 0 Å². The number of benzene rings is 1. The van der Waals surface area contributed by atoms with Gasteiger partial charge in [-0.05, 0) is 41.1 Å². The standard InChI is InChI=1S/C14H14BrN5/c1-8-9(6-19-20-8)5-17-13-3-2-12(16)11-4-10(15)7-18-14(11)13/h2-4,6-7,17H,5,16H2,1H3,(H,19,20). The SMILES string of the molecule is Cc1[nH]ncc1CNc1ccc(N)c2cc(Br)cnc12. The third kappa shape index (κ3) is 2.34. The first kappa shape index (κ1) is 12.9. The van der Waals surface area contributed by atoms with Crippen molar-refractivity contribution in [3.63, 3.8) is 0 Å². The van der Waals surface area contributed by atoms with Gasteiger partial charge in [-0.3, -0.25) is 10.1 Å². The van der Waals surface area contributed by atoms with Crippen LogP contribution < -0.4 is 11.1 Å². The Labute approximate surface area is 124 Å². The van der Waals surface area contributed by atoms with Crippen molar-refractivity contribution in [2.24, 2.45) is 0 Å². The van der Waals surface area contributed by atoms with Gasteiger partial charge in [0.25, 0.3) is 0 Å². The molecule has 0 spiro atoms. The fourth-order valence-electron chi connectivity index (χ4n) is 2.10. The molecule has 0 aliphatic carbocycles. The zero-order valence-electron chi connectivity index (χ0n) is 10.9. The molecule has 0 atom stereocenters. The van der Waals surface area contributed by atoms with Gasteiger partial charge in [0.1, 0.15) is 0 Å². The van der Waals surface area contributed by atoms with Crippen molar-refractivity contribution < 1.29 is 0 Å². The summed E-state index contributed by atoms with van der Waals surface area (Å²) in [5.41, 5.74) is 10.8. The predicted molar refractivity (Wildman–Crippen MR) is 84.5 cm³/mol. The zero-order chi connectivity index (χ0) is 14.1. The van der Waals surface area contributed by atoms with E-state index in [1.165, 1.54) is 0 Å². The van der Waals surface area contributed by atoms with E-state index in [2.05, 4.69) is 36.4 Å². The number of hydrogen-bond acceptors (Lipinski definition) is 4. The number of nitrogen functional groups attached to an aromatic ring is 1. The van der Waals surface area contributed by atoms with Crippen LogP contribution in [0, 0.1) is 6.92 Å². The van der Waals surface area contributed by atoms with Gasteiger partial charge in [0.15, 0.2) is 0 Å². The summed E-state index contributed by atoms with van der Waals surface area (Å²) in [5.74, 6) is 0. The van der Waals surface area contributed by atoms with E-state index in [0.717, 1.165) is 38.0 Å². The van der Waals surface area contributed by atoms with Gasteiger partial charge in [-0.25, -0.2) is 0 Å². The molecule has 102 valence electrons. The monoisotopic (exact) mass is 331 g/mol. The number of aryl methyl sites for hydroxylation is 1. The van der Waals surface area contributed by atoms with Crippen LogP contribution in [0.2, 0.25) is 0 Å². The van der Waals surface area contributed by atoms with E-state index in [9.17, 15) is 0 Å². The topological polar surface area (TPSA) is 79.6 Å². The molecule has 0 radical (unpaired) electrons. The first-order valence-corrected chi connectivity index (χ1v) is 7.01. The molecule has 0 bridgehead atoms. The van der Waals surface area contributed by atoms with Crippen molar-refractivity contribution in [3.05, 3.63) is 46.3 Å². The van der Waals surface area contributed by atoms with Gasteiger partial charge in [-0.1, -0.05) is 0 Å². The van der Waals surface area contributed by atoms with Crippen LogP contribution >= 0.6 is 15.9 Å². The summed E-state index contributed by atoms with van der Waals surface area (Å²) in [6.07, 6.45) is 3.60. The van der Waals surface area contributed by atoms with Crippen LogP contribution in [-0.2, 0) is 6.54 Å². The van der Waals surface area contributed by atoms with Crippen LogP contribution in [0.5, 0.6) is 0 Å². The molecule has 4 N–H and O–H groups in total. The van der Waals surface area contributed by atoms with Gasteiger partial charge in [0.05, 0.1) is 17.4 Å². The fraction of sp³-hybridized carbons (Fsp3) is 0.143. The van der Waals surface area contributed by atoms with Gasteiger partial charge in [0, 0.05) is 39.5 Å². The van der Waals surface area contributed by atoms with Crippen molar-refractivity contribution in [3.8, 4) is 0 Å². The van der Waals surface area contributed by atoms with Crippen LogP contribution in [0.1, 0.15) is 11.3 Å². The normalized spacial score (nSPS) is 10.9. The molecular formula is C14H14BrN5. The van der Waals surface area contributed by atoms with Gasteiger partial charge in [-0.15, -0.1) is 0 Å². The lowest BCUT2D eigenvalue weighted by molar-refractivity contribution is 1.04. The number of halogens is 1. The maximum atomic E-state index is 6.01. The molecule has 0 aliphatic rings. The lowest BCUT2D eigenvalue weighted by Crippen LogP contribution is -2.02. The van der Waals surface area contributed by atoms with E-state index in [1.807, 2.05) is 31.3 Å². The minimum absolute atomic E-state index is 0.694. The molecule has 1 aromatic carbocycles. The third-order valence-corrected chi connectivity index (χ3v) is 3.69. The maximum Gasteiger partial charge on any atom is 0.0954 e. The number of nitrogens with one attached hydrogen (secondary N) is 2. The van der Waals surface area contributed by atoms with Gasteiger partial charge >= 0.3 is 0 Å². The molecule has 20 heavy (non-hydrogen) atoms. The number of rotatable bonds is 3. The molecule has 2 heterocycles. The van der Waals surface area contributed by atoms with Crippen molar-refractivity contribution in [2.75, 3.05) is 11.1 Å². The van der Waals surface area contributed by atoms with Crippen LogP contribution in [0.25, 0.3) is 10.9 Å². The minimum atomic E-state index is 0.694. The molecule has 0 amide bonds. The molecule has 3 aromatic rings. The predicted octanol–water partition coefficient (Wildman–Crippen LogP) is 3.22. The summed E-state index contributed by atoms with van der Waals surface area (Å²) in [4.78, 5) is 4.45. The maximum absolute atomic E-state index is 6.01. The molecule has 0 saturated carbocycles. The summed E-state index contributed by atoms with van der Waals surface area (Å²) in [6, 6.07) is 5.82. The summed E-state index contributed by atoms with van der Waals surface area (Å²) in [5, 5.41) is 11.3. The first-order valence-electron chi connectivity index (χ1n) is 6.21. The Kier molecular flexibility index (Phi) is 3.31. The summed E-state index contributed by atoms with van der Waals surface area (Å²) < 4.78 is 0.916. The second-order valence-electron chi connectivity index (χ2n) is 4.63. The van der Waals surface area contributed by atoms with Crippen LogP contribution in [-0.4, -0.2) is 15.2 Å². The molecule has 0 fully saturated rings. The number of H-pyrrole nitrogens is 1. The van der Waals surface area contributed by atoms with Gasteiger partial charge < -0.3 is 11.1 Å². The number of aromatic amines is 1. The Morgan fingerprint density at radius 3 is 2.95 bits per heavy atom. The molecule has 0 saturated heterocycles. The minimum Gasteiger partial charge on any atom is -0.398 e. The highest BCUT2D eigenvalue weighted by Crippen LogP contribution is 2.29. The molecule has 0 aliphatic heterocycles. The molecule has 6 heteroatoms. The smallest absolute Gasteiger partial charge is 0.0954 e. The number of fused-ring (bicyclic) bond motifs is 1. The highest BCUT2D eigenvalue weighted by atomic mass is 79.9. The Hall–Kier alpha value is -2.08. The van der Waals surface area contributed by atoms with E-state index < -0.39 is 0 Å². The lowest BCUT2D eigenvalue weighted by Gasteiger charge is -2.10. The van der Waals surface area contributed by atoms with E-state index in [1.54, 1.807) is 6.20 Å². The van der Waals surface area contributed by atoms with Crippen molar-refractivity contribution in [1.82, 2.24) is 15.2 Å². The van der Waals surface area contributed by atoms with Crippen LogP contribution in [0.15, 0.2) is 35.1 Å². The fourth-order valence-corrected chi connectivity index (χ4v) is 2.43. The Morgan fingerprint density at radius 2 is 2.20 bits per heavy atom. The number of aromatic nitrogens is 3. The van der Waals surface area contributed by atoms with Crippen molar-refractivity contribution >= 4 is 38.2 Å². The molecule has 2 aromatic heterocycles. The van der Waals surface area contributed by atoms with Crippen LogP contribution in [0.3, 0.4) is 0 Å². The molecule has 0 unspecified atom stereocenters. The van der Waals surface area contributed by atoms with E-state index in [-0.39, 0.29) is 0 Å². The summed E-state index contributed by atoms with van der Waals surface area (Å²) >= 11 is 3.42. The highest BCUT2D eigenvalue weighted by molar-refractivity contribution is 9.10. The van der Waals surface area contributed by atoms with E-state index in [0.29, 0.717) is 6.54 Å². The third-order valence-electron chi connectivity index (χ3n) is 3.25.